The van der Waals surface area contributed by atoms with Crippen molar-refractivity contribution in [2.24, 2.45) is 0 Å². The fourth-order valence-electron chi connectivity index (χ4n) is 3.69. The summed E-state index contributed by atoms with van der Waals surface area (Å²) in [7, 11) is 0. The van der Waals surface area contributed by atoms with Gasteiger partial charge in [0.2, 0.25) is 0 Å². The molecule has 3 rings (SSSR count). The lowest BCUT2D eigenvalue weighted by molar-refractivity contribution is -0.160. The second-order valence-corrected chi connectivity index (χ2v) is 9.45. The van der Waals surface area contributed by atoms with Gasteiger partial charge in [0.05, 0.1) is 25.4 Å². The van der Waals surface area contributed by atoms with Crippen LogP contribution in [0.15, 0.2) is 24.3 Å². The summed E-state index contributed by atoms with van der Waals surface area (Å²) in [6.07, 6.45) is -0.390. The van der Waals surface area contributed by atoms with E-state index in [1.807, 2.05) is 38.1 Å². The summed E-state index contributed by atoms with van der Waals surface area (Å²) in [5.74, 6) is 0.333. The number of benzene rings is 1. The van der Waals surface area contributed by atoms with Gasteiger partial charge in [-0.1, -0.05) is 12.1 Å². The number of urea groups is 1. The van der Waals surface area contributed by atoms with Crippen molar-refractivity contribution < 1.29 is 38.4 Å². The zero-order valence-electron chi connectivity index (χ0n) is 21.6. The van der Waals surface area contributed by atoms with Crippen molar-refractivity contribution in [1.29, 1.82) is 0 Å². The zero-order valence-corrected chi connectivity index (χ0v) is 22.4. The van der Waals surface area contributed by atoms with Gasteiger partial charge in [0, 0.05) is 39.1 Å². The number of aliphatic hydroxyl groups is 1. The molecular weight excluding hydrogens is 506 g/mol. The summed E-state index contributed by atoms with van der Waals surface area (Å²) in [5, 5.41) is 16.1. The topological polar surface area (TPSA) is 128 Å². The lowest BCUT2D eigenvalue weighted by Crippen LogP contribution is -2.47. The molecule has 0 radical (unpaired) electrons. The van der Waals surface area contributed by atoms with Crippen LogP contribution in [0.1, 0.15) is 25.8 Å². The van der Waals surface area contributed by atoms with Gasteiger partial charge in [-0.2, -0.15) is 0 Å². The fraction of sp³-hybridized carbons (Fsp3) is 0.680. The van der Waals surface area contributed by atoms with Crippen molar-refractivity contribution in [3.05, 3.63) is 29.8 Å². The number of hydrogen-bond donors (Lipinski definition) is 3. The lowest BCUT2D eigenvalue weighted by Gasteiger charge is -2.27. The molecule has 0 unspecified atom stereocenters. The number of esters is 1. The van der Waals surface area contributed by atoms with E-state index < -0.39 is 12.4 Å². The first-order valence-electron chi connectivity index (χ1n) is 12.5. The second kappa shape index (κ2) is 16.0. The van der Waals surface area contributed by atoms with Gasteiger partial charge in [-0.05, 0) is 38.0 Å². The smallest absolute Gasteiger partial charge is 0.317 e. The van der Waals surface area contributed by atoms with Crippen LogP contribution in [0, 0.1) is 0 Å². The molecule has 0 spiro atoms. The Balaban J connectivity index is 0.00000481. The molecule has 2 aliphatic heterocycles. The van der Waals surface area contributed by atoms with Gasteiger partial charge in [-0.25, -0.2) is 4.79 Å². The third-order valence-corrected chi connectivity index (χ3v) is 5.69. The molecule has 37 heavy (non-hydrogen) atoms. The van der Waals surface area contributed by atoms with E-state index in [0.29, 0.717) is 64.7 Å². The number of halogens is 1. The van der Waals surface area contributed by atoms with Crippen molar-refractivity contribution in [3.8, 4) is 5.75 Å². The maximum Gasteiger partial charge on any atom is 0.317 e. The molecule has 2 amide bonds. The number of ether oxygens (including phenoxy) is 5. The summed E-state index contributed by atoms with van der Waals surface area (Å²) >= 11 is 0. The van der Waals surface area contributed by atoms with E-state index in [2.05, 4.69) is 10.6 Å². The van der Waals surface area contributed by atoms with Gasteiger partial charge in [0.15, 0.2) is 6.29 Å². The lowest BCUT2D eigenvalue weighted by atomic mass is 10.1. The normalized spacial score (nSPS) is 19.5. The maximum absolute atomic E-state index is 12.0. The molecule has 12 heteroatoms. The second-order valence-electron chi connectivity index (χ2n) is 9.45. The molecule has 2 fully saturated rings. The largest absolute Gasteiger partial charge is 0.491 e. The van der Waals surface area contributed by atoms with Crippen LogP contribution >= 0.6 is 12.4 Å². The number of amides is 2. The molecule has 2 aliphatic rings. The molecular formula is C25H40ClN3O8. The van der Waals surface area contributed by atoms with Crippen LogP contribution in [0.25, 0.3) is 0 Å². The van der Waals surface area contributed by atoms with Crippen LogP contribution in [0.2, 0.25) is 0 Å². The standard InChI is InChI=1S/C25H39N3O8.ClH/c1-25(2)18-35-23(36-25)17-34-22(30)8-5-19-3-6-21(7-4-19)33-16-20(29)15-26-9-10-27-24(31)28-11-13-32-14-12-28;/h3-4,6-7,20,23,26,29H,5,8-18H2,1-2H3,(H,27,31);1H/t20-,23-;/m1./s1. The summed E-state index contributed by atoms with van der Waals surface area (Å²) in [4.78, 5) is 25.7. The Hall–Kier alpha value is -2.15. The number of carbonyl (C=O) groups excluding carboxylic acids is 2. The molecule has 3 N–H and O–H groups in total. The first kappa shape index (κ1) is 31.1. The van der Waals surface area contributed by atoms with Crippen molar-refractivity contribution in [2.75, 3.05) is 65.8 Å². The molecule has 0 aliphatic carbocycles. The van der Waals surface area contributed by atoms with E-state index in [1.165, 1.54) is 0 Å². The quantitative estimate of drug-likeness (QED) is 0.247. The first-order chi connectivity index (χ1) is 17.3. The Morgan fingerprint density at radius 3 is 2.59 bits per heavy atom. The van der Waals surface area contributed by atoms with Crippen LogP contribution in [0.5, 0.6) is 5.75 Å². The summed E-state index contributed by atoms with van der Waals surface area (Å²) in [6.45, 7) is 8.28. The Labute approximate surface area is 224 Å². The minimum atomic E-state index is -0.687. The molecule has 1 aromatic rings. The number of nitrogens with one attached hydrogen (secondary N) is 2. The Morgan fingerprint density at radius 1 is 1.19 bits per heavy atom. The van der Waals surface area contributed by atoms with E-state index in [4.69, 9.17) is 23.7 Å². The minimum absolute atomic E-state index is 0. The fourth-order valence-corrected chi connectivity index (χ4v) is 3.69. The van der Waals surface area contributed by atoms with E-state index >= 15 is 0 Å². The number of aliphatic hydroxyl groups excluding tert-OH is 1. The summed E-state index contributed by atoms with van der Waals surface area (Å²) in [5.41, 5.74) is 0.630. The number of rotatable bonds is 13. The van der Waals surface area contributed by atoms with E-state index in [9.17, 15) is 14.7 Å². The summed E-state index contributed by atoms with van der Waals surface area (Å²) < 4.78 is 27.2. The Morgan fingerprint density at radius 2 is 1.92 bits per heavy atom. The van der Waals surface area contributed by atoms with Gasteiger partial charge in [0.1, 0.15) is 25.1 Å². The molecule has 0 aromatic heterocycles. The number of carbonyl (C=O) groups is 2. The Kier molecular flexibility index (Phi) is 13.4. The number of hydrogen-bond acceptors (Lipinski definition) is 9. The van der Waals surface area contributed by atoms with Crippen molar-refractivity contribution in [3.63, 3.8) is 0 Å². The van der Waals surface area contributed by atoms with Crippen molar-refractivity contribution in [1.82, 2.24) is 15.5 Å². The molecule has 2 heterocycles. The van der Waals surface area contributed by atoms with Gasteiger partial charge in [-0.15, -0.1) is 12.4 Å². The van der Waals surface area contributed by atoms with Crippen LogP contribution in [0.4, 0.5) is 4.79 Å². The highest BCUT2D eigenvalue weighted by molar-refractivity contribution is 5.85. The highest BCUT2D eigenvalue weighted by atomic mass is 35.5. The van der Waals surface area contributed by atoms with E-state index in [0.717, 1.165) is 5.56 Å². The predicted octanol–water partition coefficient (Wildman–Crippen LogP) is 1.11. The van der Waals surface area contributed by atoms with Gasteiger partial charge >= 0.3 is 12.0 Å². The average Bonchev–Trinajstić information content (AvgIpc) is 3.24. The van der Waals surface area contributed by atoms with Gasteiger partial charge in [0.25, 0.3) is 0 Å². The third kappa shape index (κ3) is 11.8. The van der Waals surface area contributed by atoms with Crippen LogP contribution in [0.3, 0.4) is 0 Å². The molecule has 11 nitrogen and oxygen atoms in total. The predicted molar refractivity (Wildman–Crippen MR) is 138 cm³/mol. The molecule has 2 saturated heterocycles. The number of aryl methyl sites for hydroxylation is 1. The van der Waals surface area contributed by atoms with Crippen LogP contribution in [-0.4, -0.2) is 106 Å². The number of nitrogens with zero attached hydrogens (tertiary/aromatic N) is 1. The monoisotopic (exact) mass is 545 g/mol. The SMILES string of the molecule is CC1(C)CO[C@@H](COC(=O)CCc2ccc(OC[C@H](O)CNCCNC(=O)N3CCOCC3)cc2)O1.Cl. The zero-order chi connectivity index (χ0) is 25.8. The molecule has 210 valence electrons. The van der Waals surface area contributed by atoms with Gasteiger partial charge in [-0.3, -0.25) is 4.79 Å². The Bertz CT molecular complexity index is 821. The van der Waals surface area contributed by atoms with Crippen LogP contribution in [-0.2, 0) is 30.2 Å². The van der Waals surface area contributed by atoms with E-state index in [1.54, 1.807) is 4.90 Å². The highest BCUT2D eigenvalue weighted by Crippen LogP contribution is 2.22. The molecule has 1 aromatic carbocycles. The van der Waals surface area contributed by atoms with E-state index in [-0.39, 0.29) is 49.6 Å². The number of morpholine rings is 1. The minimum Gasteiger partial charge on any atom is -0.491 e. The maximum atomic E-state index is 12.0. The van der Waals surface area contributed by atoms with Crippen LogP contribution < -0.4 is 15.4 Å². The third-order valence-electron chi connectivity index (χ3n) is 5.69. The first-order valence-corrected chi connectivity index (χ1v) is 12.5. The summed E-state index contributed by atoms with van der Waals surface area (Å²) in [6, 6.07) is 7.29. The average molecular weight is 546 g/mol. The van der Waals surface area contributed by atoms with Crippen molar-refractivity contribution in [2.45, 2.75) is 44.7 Å². The molecule has 2 atom stereocenters. The molecule has 0 saturated carbocycles. The van der Waals surface area contributed by atoms with Crippen molar-refractivity contribution >= 4 is 24.4 Å². The van der Waals surface area contributed by atoms with Gasteiger partial charge < -0.3 is 44.3 Å². The highest BCUT2D eigenvalue weighted by Gasteiger charge is 2.33. The molecule has 0 bridgehead atoms.